The fraction of sp³-hybridized carbons (Fsp3) is 0.0909. The summed E-state index contributed by atoms with van der Waals surface area (Å²) >= 11 is 1.01. The van der Waals surface area contributed by atoms with E-state index in [2.05, 4.69) is 25.8 Å². The fourth-order valence-electron chi connectivity index (χ4n) is 3.14. The molecular weight excluding hydrogens is 398 g/mol. The molecule has 0 unspecified atom stereocenters. The van der Waals surface area contributed by atoms with Crippen molar-refractivity contribution in [2.45, 2.75) is 18.6 Å². The lowest BCUT2D eigenvalue weighted by molar-refractivity contribution is -0.131. The summed E-state index contributed by atoms with van der Waals surface area (Å²) < 4.78 is 2.07. The summed E-state index contributed by atoms with van der Waals surface area (Å²) in [6.07, 6.45) is 3.59. The van der Waals surface area contributed by atoms with Crippen molar-refractivity contribution >= 4 is 34.7 Å². The molecule has 0 amide bonds. The summed E-state index contributed by atoms with van der Waals surface area (Å²) in [5.74, 6) is -0.410. The molecule has 4 rings (SSSR count). The third-order valence-corrected chi connectivity index (χ3v) is 5.41. The third-order valence-electron chi connectivity index (χ3n) is 4.53. The van der Waals surface area contributed by atoms with Crippen LogP contribution in [0, 0.1) is 18.3 Å². The number of aromatic nitrogens is 4. The van der Waals surface area contributed by atoms with Crippen LogP contribution >= 0.6 is 11.8 Å². The predicted molar refractivity (Wildman–Crippen MR) is 115 cm³/mol. The molecular formula is C22H17N5O2S. The number of aliphatic carboxylic acids is 1. The Labute approximate surface area is 176 Å². The Morgan fingerprint density at radius 3 is 2.70 bits per heavy atom. The molecule has 0 radical (unpaired) electrons. The molecule has 0 aliphatic rings. The largest absolute Gasteiger partial charge is 0.477 e. The normalized spacial score (nSPS) is 11.5. The van der Waals surface area contributed by atoms with E-state index in [1.54, 1.807) is 25.1 Å². The van der Waals surface area contributed by atoms with Crippen LogP contribution in [0.15, 0.2) is 64.8 Å². The number of hydrogen-bond acceptors (Lipinski definition) is 5. The Morgan fingerprint density at radius 1 is 1.27 bits per heavy atom. The van der Waals surface area contributed by atoms with E-state index in [0.29, 0.717) is 23.1 Å². The lowest BCUT2D eigenvalue weighted by Gasteiger charge is -2.05. The molecule has 8 heteroatoms. The van der Waals surface area contributed by atoms with Gasteiger partial charge < -0.3 is 9.67 Å². The highest BCUT2D eigenvalue weighted by Crippen LogP contribution is 2.30. The van der Waals surface area contributed by atoms with E-state index < -0.39 is 5.97 Å². The molecule has 0 aliphatic heterocycles. The molecule has 0 saturated heterocycles. The van der Waals surface area contributed by atoms with Crippen LogP contribution in [0.1, 0.15) is 22.5 Å². The van der Waals surface area contributed by atoms with Gasteiger partial charge in [0.2, 0.25) is 5.16 Å². The second kappa shape index (κ2) is 8.27. The first-order valence-corrected chi connectivity index (χ1v) is 9.94. The van der Waals surface area contributed by atoms with Gasteiger partial charge in [-0.1, -0.05) is 30.3 Å². The van der Waals surface area contributed by atoms with Gasteiger partial charge in [-0.3, -0.25) is 5.10 Å². The molecule has 0 saturated carbocycles. The van der Waals surface area contributed by atoms with Gasteiger partial charge in [0.25, 0.3) is 0 Å². The van der Waals surface area contributed by atoms with Crippen LogP contribution in [0.2, 0.25) is 0 Å². The molecule has 148 valence electrons. The number of carbonyl (C=O) groups is 1. The van der Waals surface area contributed by atoms with E-state index in [1.807, 2.05) is 42.6 Å². The Morgan fingerprint density at radius 2 is 2.03 bits per heavy atom. The zero-order valence-corrected chi connectivity index (χ0v) is 16.8. The van der Waals surface area contributed by atoms with Crippen LogP contribution in [-0.2, 0) is 11.3 Å². The number of thioether (sulfide) groups is 1. The van der Waals surface area contributed by atoms with Gasteiger partial charge in [-0.2, -0.15) is 5.26 Å². The fourth-order valence-corrected chi connectivity index (χ4v) is 3.89. The average molecular weight is 415 g/mol. The maximum atomic E-state index is 11.8. The Hall–Kier alpha value is -3.83. The summed E-state index contributed by atoms with van der Waals surface area (Å²) in [4.78, 5) is 16.1. The van der Waals surface area contributed by atoms with Crippen molar-refractivity contribution in [1.82, 2.24) is 19.7 Å². The Bertz CT molecular complexity index is 1300. The topological polar surface area (TPSA) is 108 Å². The number of carboxylic acids is 1. The maximum absolute atomic E-state index is 11.8. The van der Waals surface area contributed by atoms with Crippen LogP contribution < -0.4 is 0 Å². The molecule has 2 aromatic carbocycles. The number of benzene rings is 2. The van der Waals surface area contributed by atoms with Crippen LogP contribution in [0.5, 0.6) is 0 Å². The Balaban J connectivity index is 1.72. The summed E-state index contributed by atoms with van der Waals surface area (Å²) in [5, 5.41) is 26.7. The molecule has 0 bridgehead atoms. The van der Waals surface area contributed by atoms with Crippen LogP contribution in [0.25, 0.3) is 17.0 Å². The monoisotopic (exact) mass is 415 g/mol. The van der Waals surface area contributed by atoms with Gasteiger partial charge in [0.15, 0.2) is 0 Å². The highest BCUT2D eigenvalue weighted by molar-refractivity contribution is 8.04. The van der Waals surface area contributed by atoms with Gasteiger partial charge in [-0.25, -0.2) is 9.78 Å². The van der Waals surface area contributed by atoms with Crippen LogP contribution in [0.3, 0.4) is 0 Å². The lowest BCUT2D eigenvalue weighted by atomic mass is 10.1. The number of nitrogens with zero attached hydrogens (tertiary/aromatic N) is 4. The minimum absolute atomic E-state index is 0.135. The molecule has 0 spiro atoms. The zero-order chi connectivity index (χ0) is 21.1. The van der Waals surface area contributed by atoms with E-state index in [9.17, 15) is 9.90 Å². The molecule has 2 heterocycles. The summed E-state index contributed by atoms with van der Waals surface area (Å²) in [6.45, 7) is 2.37. The lowest BCUT2D eigenvalue weighted by Crippen LogP contribution is -1.98. The maximum Gasteiger partial charge on any atom is 0.342 e. The molecule has 30 heavy (non-hydrogen) atoms. The summed E-state index contributed by atoms with van der Waals surface area (Å²) in [5.41, 5.74) is 3.47. The molecule has 7 nitrogen and oxygen atoms in total. The van der Waals surface area contributed by atoms with E-state index >= 15 is 0 Å². The van der Waals surface area contributed by atoms with E-state index in [-0.39, 0.29) is 4.91 Å². The number of nitriles is 1. The van der Waals surface area contributed by atoms with Crippen LogP contribution in [0.4, 0.5) is 0 Å². The molecule has 0 atom stereocenters. The number of nitrogens with one attached hydrogen (secondary N) is 1. The zero-order valence-electron chi connectivity index (χ0n) is 16.0. The first-order chi connectivity index (χ1) is 14.5. The molecule has 0 aliphatic carbocycles. The van der Waals surface area contributed by atoms with Crippen molar-refractivity contribution < 1.29 is 9.90 Å². The number of hydrogen-bond donors (Lipinski definition) is 2. The van der Waals surface area contributed by atoms with Gasteiger partial charge in [0.05, 0.1) is 11.6 Å². The predicted octanol–water partition coefficient (Wildman–Crippen LogP) is 4.21. The second-order valence-electron chi connectivity index (χ2n) is 6.66. The highest BCUT2D eigenvalue weighted by atomic mass is 32.2. The summed E-state index contributed by atoms with van der Waals surface area (Å²) in [7, 11) is 0. The summed E-state index contributed by atoms with van der Waals surface area (Å²) in [6, 6.07) is 17.4. The van der Waals surface area contributed by atoms with Gasteiger partial charge >= 0.3 is 5.97 Å². The van der Waals surface area contributed by atoms with E-state index in [4.69, 9.17) is 5.26 Å². The van der Waals surface area contributed by atoms with Crippen molar-refractivity contribution in [2.75, 3.05) is 0 Å². The first-order valence-electron chi connectivity index (χ1n) is 9.12. The number of rotatable bonds is 6. The van der Waals surface area contributed by atoms with Crippen molar-refractivity contribution in [3.63, 3.8) is 0 Å². The minimum Gasteiger partial charge on any atom is -0.477 e. The Kier molecular flexibility index (Phi) is 5.37. The first kappa shape index (κ1) is 19.5. The molecule has 0 fully saturated rings. The number of fused-ring (bicyclic) bond motifs is 1. The number of para-hydroxylation sites is 1. The number of aryl methyl sites for hydroxylation is 1. The minimum atomic E-state index is -1.04. The average Bonchev–Trinajstić information content (AvgIpc) is 3.31. The van der Waals surface area contributed by atoms with Gasteiger partial charge in [-0.15, -0.1) is 5.10 Å². The van der Waals surface area contributed by atoms with E-state index in [0.717, 1.165) is 33.8 Å². The van der Waals surface area contributed by atoms with Crippen molar-refractivity contribution in [3.8, 4) is 6.07 Å². The molecule has 2 aromatic heterocycles. The van der Waals surface area contributed by atoms with E-state index in [1.165, 1.54) is 0 Å². The number of H-pyrrole nitrogens is 1. The van der Waals surface area contributed by atoms with Crippen molar-refractivity contribution in [3.05, 3.63) is 82.1 Å². The molecule has 4 aromatic rings. The van der Waals surface area contributed by atoms with Gasteiger partial charge in [0.1, 0.15) is 10.7 Å². The second-order valence-corrected chi connectivity index (χ2v) is 7.67. The third kappa shape index (κ3) is 4.11. The quantitative estimate of drug-likeness (QED) is 0.361. The van der Waals surface area contributed by atoms with Gasteiger partial charge in [-0.05, 0) is 48.5 Å². The highest BCUT2D eigenvalue weighted by Gasteiger charge is 2.15. The van der Waals surface area contributed by atoms with Crippen molar-refractivity contribution in [1.29, 1.82) is 5.26 Å². The molecule has 2 N–H and O–H groups in total. The number of aromatic amines is 1. The van der Waals surface area contributed by atoms with Crippen LogP contribution in [-0.4, -0.2) is 30.8 Å². The SMILES string of the molecule is Cc1nc(S/C(=C\c2cn(Cc3ccc(C#N)cc3)c3ccccc23)C(=O)O)n[nH]1. The smallest absolute Gasteiger partial charge is 0.342 e. The number of carboxylic acid groups (broad SMARTS) is 1. The van der Waals surface area contributed by atoms with Gasteiger partial charge in [0, 0.05) is 29.2 Å². The standard InChI is InChI=1S/C22H17N5O2S/c1-14-24-22(26-25-14)30-20(21(28)29)10-17-13-27(19-5-3-2-4-18(17)19)12-16-8-6-15(11-23)7-9-16/h2-10,13H,12H2,1H3,(H,28,29)(H,24,25,26)/b20-10-. The van der Waals surface area contributed by atoms with Crippen molar-refractivity contribution in [2.24, 2.45) is 0 Å².